The van der Waals surface area contributed by atoms with Crippen LogP contribution in [0.15, 0.2) is 0 Å². The van der Waals surface area contributed by atoms with E-state index in [1.54, 1.807) is 0 Å². The molecule has 7 heteroatoms. The zero-order valence-corrected chi connectivity index (χ0v) is 15.7. The van der Waals surface area contributed by atoms with E-state index in [1.807, 2.05) is 6.92 Å². The first-order chi connectivity index (χ1) is 9.85. The predicted octanol–water partition coefficient (Wildman–Crippen LogP) is 4.01. The van der Waals surface area contributed by atoms with Crippen molar-refractivity contribution in [2.45, 2.75) is 61.3 Å². The first kappa shape index (κ1) is 21.4. The van der Waals surface area contributed by atoms with E-state index in [0.717, 1.165) is 6.42 Å². The summed E-state index contributed by atoms with van der Waals surface area (Å²) in [5.74, 6) is -0.286. The average Bonchev–Trinajstić information content (AvgIpc) is 2.35. The van der Waals surface area contributed by atoms with Gasteiger partial charge in [-0.1, -0.05) is 41.5 Å². The quantitative estimate of drug-likeness (QED) is 0.225. The lowest BCUT2D eigenvalue weighted by Crippen LogP contribution is -2.45. The van der Waals surface area contributed by atoms with Crippen molar-refractivity contribution in [1.82, 2.24) is 0 Å². The number of esters is 1. The Hall–Kier alpha value is -0.550. The maximum absolute atomic E-state index is 12.6. The van der Waals surface area contributed by atoms with Gasteiger partial charge in [-0.3, -0.25) is 4.79 Å². The van der Waals surface area contributed by atoms with Crippen LogP contribution in [0.1, 0.15) is 61.3 Å². The van der Waals surface area contributed by atoms with Crippen LogP contribution in [0.25, 0.3) is 0 Å². The third kappa shape index (κ3) is 6.69. The van der Waals surface area contributed by atoms with E-state index in [4.69, 9.17) is 9.63 Å². The molecule has 0 aliphatic heterocycles. The van der Waals surface area contributed by atoms with Crippen LogP contribution in [0.3, 0.4) is 0 Å². The number of rotatable bonds is 9. The topological polar surface area (TPSA) is 82.1 Å². The van der Waals surface area contributed by atoms with Gasteiger partial charge >= 0.3 is 14.2 Å². The Morgan fingerprint density at radius 1 is 1.09 bits per heavy atom. The van der Waals surface area contributed by atoms with Gasteiger partial charge in [0.05, 0.1) is 10.1 Å². The maximum Gasteiger partial charge on any atom is 0.725 e. The molecule has 0 rings (SSSR count). The summed E-state index contributed by atoms with van der Waals surface area (Å²) in [5, 5.41) is 0. The molecule has 2 unspecified atom stereocenters. The highest BCUT2D eigenvalue weighted by molar-refractivity contribution is 7.31. The molecular weight excluding hydrogens is 307 g/mol. The van der Waals surface area contributed by atoms with Gasteiger partial charge in [-0.15, -0.1) is 4.89 Å². The van der Waals surface area contributed by atoms with Gasteiger partial charge < -0.3 is 4.74 Å². The summed E-state index contributed by atoms with van der Waals surface area (Å²) in [6.07, 6.45) is 1.54. The first-order valence-corrected chi connectivity index (χ1v) is 8.62. The Morgan fingerprint density at radius 3 is 2.05 bits per heavy atom. The Balaban J connectivity index is 4.82. The van der Waals surface area contributed by atoms with Gasteiger partial charge in [0.2, 0.25) is 0 Å². The van der Waals surface area contributed by atoms with Gasteiger partial charge in [0.1, 0.15) is 13.2 Å². The summed E-state index contributed by atoms with van der Waals surface area (Å²) in [5.41, 5.74) is -0.874. The monoisotopic (exact) mass is 337 g/mol. The van der Waals surface area contributed by atoms with Gasteiger partial charge in [0, 0.05) is 4.57 Å². The lowest BCUT2D eigenvalue weighted by atomic mass is 9.59. The molecule has 0 aliphatic rings. The normalized spacial score (nSPS) is 16.1. The van der Waals surface area contributed by atoms with Crippen molar-refractivity contribution >= 4 is 14.2 Å². The third-order valence-electron chi connectivity index (χ3n) is 4.23. The fraction of sp³-hybridized carbons (Fsp3) is 0.933. The zero-order valence-electron chi connectivity index (χ0n) is 14.8. The largest absolute Gasteiger partial charge is 0.725 e. The Bertz CT molecular complexity index is 388. The van der Waals surface area contributed by atoms with Crippen LogP contribution in [-0.2, 0) is 23.7 Å². The summed E-state index contributed by atoms with van der Waals surface area (Å²) in [7, 11) is -2.81. The molecule has 0 spiro atoms. The smallest absolute Gasteiger partial charge is 0.463 e. The van der Waals surface area contributed by atoms with E-state index in [2.05, 4.69) is 51.1 Å². The van der Waals surface area contributed by atoms with Crippen molar-refractivity contribution in [3.8, 4) is 0 Å². The van der Waals surface area contributed by atoms with Gasteiger partial charge in [-0.05, 0) is 30.6 Å². The lowest BCUT2D eigenvalue weighted by molar-refractivity contribution is -0.218. The molecule has 0 aromatic carbocycles. The summed E-state index contributed by atoms with van der Waals surface area (Å²) in [6, 6.07) is 0. The molecule has 6 nitrogen and oxygen atoms in total. The van der Waals surface area contributed by atoms with Crippen molar-refractivity contribution in [3.63, 3.8) is 0 Å². The molecule has 0 aliphatic carbocycles. The molecule has 0 heterocycles. The minimum Gasteiger partial charge on any atom is -0.463 e. The van der Waals surface area contributed by atoms with Crippen molar-refractivity contribution < 1.29 is 28.6 Å². The number of hydrogen-bond donors (Lipinski definition) is 1. The Labute approximate surface area is 134 Å². The molecule has 0 aromatic heterocycles. The van der Waals surface area contributed by atoms with Crippen molar-refractivity contribution in [1.29, 1.82) is 0 Å². The molecule has 0 amide bonds. The van der Waals surface area contributed by atoms with E-state index < -0.39 is 13.7 Å². The fourth-order valence-electron chi connectivity index (χ4n) is 2.45. The first-order valence-electron chi connectivity index (χ1n) is 7.49. The van der Waals surface area contributed by atoms with Gasteiger partial charge in [0.25, 0.3) is 0 Å². The highest BCUT2D eigenvalue weighted by Gasteiger charge is 2.49. The van der Waals surface area contributed by atoms with Crippen LogP contribution in [0.5, 0.6) is 0 Å². The molecule has 0 fully saturated rings. The van der Waals surface area contributed by atoms with Gasteiger partial charge in [-0.25, -0.2) is 0 Å². The van der Waals surface area contributed by atoms with Gasteiger partial charge in [-0.2, -0.15) is 4.89 Å². The van der Waals surface area contributed by atoms with Crippen LogP contribution < -0.4 is 0 Å². The molecular formula is C15H30O6P+. The van der Waals surface area contributed by atoms with Crippen LogP contribution in [-0.4, -0.2) is 24.1 Å². The summed E-state index contributed by atoms with van der Waals surface area (Å²) < 4.78 is 19.6. The molecule has 2 atom stereocenters. The van der Waals surface area contributed by atoms with Crippen LogP contribution in [0.4, 0.5) is 0 Å². The number of carbonyl (C=O) groups is 1. The van der Waals surface area contributed by atoms with Crippen LogP contribution >= 0.6 is 8.25 Å². The van der Waals surface area contributed by atoms with E-state index in [-0.39, 0.29) is 30.0 Å². The second kappa shape index (κ2) is 8.34. The summed E-state index contributed by atoms with van der Waals surface area (Å²) >= 11 is 0. The highest BCUT2D eigenvalue weighted by Crippen LogP contribution is 2.49. The maximum atomic E-state index is 12.6. The lowest BCUT2D eigenvalue weighted by Gasteiger charge is -2.45. The molecule has 0 radical (unpaired) electrons. The number of carbonyl (C=O) groups excluding carboxylic acids is 1. The van der Waals surface area contributed by atoms with Crippen LogP contribution in [0.2, 0.25) is 0 Å². The molecule has 1 N–H and O–H groups in total. The Morgan fingerprint density at radius 2 is 1.64 bits per heavy atom. The van der Waals surface area contributed by atoms with Crippen molar-refractivity contribution in [3.05, 3.63) is 0 Å². The number of hydrogen-bond acceptors (Lipinski definition) is 5. The summed E-state index contributed by atoms with van der Waals surface area (Å²) in [4.78, 5) is 25.5. The molecule has 22 heavy (non-hydrogen) atoms. The zero-order chi connectivity index (χ0) is 17.6. The number of ether oxygens (including phenoxy) is 1. The fourth-order valence-corrected chi connectivity index (χ4v) is 2.61. The molecule has 130 valence electrons. The van der Waals surface area contributed by atoms with E-state index in [1.165, 1.54) is 0 Å². The molecule has 0 aromatic rings. The van der Waals surface area contributed by atoms with Crippen molar-refractivity contribution in [2.75, 3.05) is 13.2 Å². The molecule has 0 bridgehead atoms. The standard InChI is InChI=1S/C15H29O6P/c1-8-14(5,6)15(7,11-13(2,3)4)12(16)19-9-10-20-21-22(17)18/h8-11H2,1-7H3/p+1. The van der Waals surface area contributed by atoms with E-state index in [9.17, 15) is 9.36 Å². The second-order valence-corrected chi connectivity index (χ2v) is 8.20. The Kier molecular flexibility index (Phi) is 8.14. The average molecular weight is 337 g/mol. The van der Waals surface area contributed by atoms with Crippen LogP contribution in [0, 0.1) is 16.2 Å². The van der Waals surface area contributed by atoms with Crippen molar-refractivity contribution in [2.24, 2.45) is 16.2 Å². The van der Waals surface area contributed by atoms with E-state index >= 15 is 0 Å². The predicted molar refractivity (Wildman–Crippen MR) is 84.1 cm³/mol. The molecule has 0 saturated heterocycles. The third-order valence-corrected chi connectivity index (χ3v) is 4.46. The van der Waals surface area contributed by atoms with Gasteiger partial charge in [0.15, 0.2) is 0 Å². The highest BCUT2D eigenvalue weighted by atomic mass is 31.1. The summed E-state index contributed by atoms with van der Waals surface area (Å²) in [6.45, 7) is 14.3. The molecule has 0 saturated carbocycles. The minimum atomic E-state index is -2.81. The minimum absolute atomic E-state index is 0.0187. The SMILES string of the molecule is CCC(C)(C)C(C)(CC(C)(C)C)C(=O)OCCOO[P+](=O)O. The second-order valence-electron chi connectivity index (χ2n) is 7.58. The van der Waals surface area contributed by atoms with E-state index in [0.29, 0.717) is 6.42 Å².